The molecule has 0 bridgehead atoms. The zero-order valence-corrected chi connectivity index (χ0v) is 14.1. The largest absolute Gasteiger partial charge is 0.375 e. The molecule has 1 atom stereocenters. The number of carbonyl (C=O) groups excluding carboxylic acids is 1. The van der Waals surface area contributed by atoms with Crippen LogP contribution < -0.4 is 0 Å². The summed E-state index contributed by atoms with van der Waals surface area (Å²) < 4.78 is 6.98. The molecule has 1 unspecified atom stereocenters. The number of imidazole rings is 1. The Morgan fingerprint density at radius 3 is 2.62 bits per heavy atom. The summed E-state index contributed by atoms with van der Waals surface area (Å²) in [7, 11) is 3.32. The Bertz CT molecular complexity index is 839. The van der Waals surface area contributed by atoms with Crippen LogP contribution in [0.2, 0.25) is 0 Å². The fourth-order valence-corrected chi connectivity index (χ4v) is 2.74. The number of ether oxygens (including phenoxy) is 1. The second-order valence-corrected chi connectivity index (χ2v) is 5.81. The van der Waals surface area contributed by atoms with Gasteiger partial charge < -0.3 is 9.64 Å². The number of nitrogens with zero attached hydrogens (tertiary/aromatic N) is 3. The molecule has 1 amide bonds. The number of likely N-dealkylation sites (N-methyl/N-ethyl adjacent to an activating group) is 1. The number of aromatic nitrogens is 2. The fourth-order valence-electron chi connectivity index (χ4n) is 2.74. The predicted molar refractivity (Wildman–Crippen MR) is 94.1 cm³/mol. The highest BCUT2D eigenvalue weighted by molar-refractivity contribution is 5.78. The smallest absolute Gasteiger partial charge is 0.248 e. The maximum Gasteiger partial charge on any atom is 0.248 e. The lowest BCUT2D eigenvalue weighted by Gasteiger charge is -2.25. The van der Waals surface area contributed by atoms with Gasteiger partial charge in [-0.2, -0.15) is 0 Å². The molecule has 0 spiro atoms. The van der Waals surface area contributed by atoms with E-state index < -0.39 is 0 Å². The quantitative estimate of drug-likeness (QED) is 0.724. The van der Waals surface area contributed by atoms with Gasteiger partial charge in [0.15, 0.2) is 0 Å². The lowest BCUT2D eigenvalue weighted by atomic mass is 10.1. The zero-order valence-electron chi connectivity index (χ0n) is 14.1. The molecule has 124 valence electrons. The molecule has 0 saturated heterocycles. The normalized spacial score (nSPS) is 12.3. The Labute approximate surface area is 141 Å². The van der Waals surface area contributed by atoms with Crippen molar-refractivity contribution in [2.75, 3.05) is 20.8 Å². The van der Waals surface area contributed by atoms with Gasteiger partial charge in [-0.05, 0) is 36.8 Å². The molecule has 24 heavy (non-hydrogen) atoms. The van der Waals surface area contributed by atoms with Crippen molar-refractivity contribution in [1.29, 1.82) is 0 Å². The van der Waals surface area contributed by atoms with Crippen LogP contribution in [0.4, 0.5) is 0 Å². The third-order valence-electron chi connectivity index (χ3n) is 4.35. The number of hydrogen-bond donors (Lipinski definition) is 0. The number of hydrogen-bond acceptors (Lipinski definition) is 3. The van der Waals surface area contributed by atoms with E-state index in [0.29, 0.717) is 0 Å². The second-order valence-electron chi connectivity index (χ2n) is 5.81. The molecule has 0 aliphatic heterocycles. The van der Waals surface area contributed by atoms with Gasteiger partial charge in [-0.25, -0.2) is 4.98 Å². The van der Waals surface area contributed by atoms with Crippen LogP contribution in [-0.2, 0) is 9.53 Å². The molecule has 0 radical (unpaired) electrons. The van der Waals surface area contributed by atoms with Crippen molar-refractivity contribution in [3.63, 3.8) is 0 Å². The van der Waals surface area contributed by atoms with Gasteiger partial charge in [0.25, 0.3) is 0 Å². The highest BCUT2D eigenvalue weighted by Crippen LogP contribution is 2.22. The van der Waals surface area contributed by atoms with E-state index >= 15 is 0 Å². The van der Waals surface area contributed by atoms with E-state index in [2.05, 4.69) is 27.8 Å². The van der Waals surface area contributed by atoms with Crippen molar-refractivity contribution in [3.8, 4) is 5.69 Å². The van der Waals surface area contributed by atoms with E-state index in [9.17, 15) is 4.79 Å². The number of rotatable bonds is 5. The summed E-state index contributed by atoms with van der Waals surface area (Å²) in [6.45, 7) is 2.11. The molecule has 0 fully saturated rings. The average Bonchev–Trinajstić information content (AvgIpc) is 3.05. The molecular formula is C19H21N3O2. The van der Waals surface area contributed by atoms with Gasteiger partial charge in [-0.15, -0.1) is 0 Å². The van der Waals surface area contributed by atoms with E-state index in [1.54, 1.807) is 11.9 Å². The number of para-hydroxylation sites is 2. The summed E-state index contributed by atoms with van der Waals surface area (Å²) in [5.41, 5.74) is 4.17. The van der Waals surface area contributed by atoms with E-state index in [1.807, 2.05) is 43.6 Å². The van der Waals surface area contributed by atoms with Gasteiger partial charge in [-0.3, -0.25) is 9.36 Å². The van der Waals surface area contributed by atoms with Gasteiger partial charge in [0.05, 0.1) is 17.1 Å². The summed E-state index contributed by atoms with van der Waals surface area (Å²) in [6.07, 6.45) is 1.83. The third kappa shape index (κ3) is 3.03. The maximum atomic E-state index is 11.9. The highest BCUT2D eigenvalue weighted by atomic mass is 16.5. The number of fused-ring (bicyclic) bond motifs is 1. The first kappa shape index (κ1) is 16.2. The van der Waals surface area contributed by atoms with Crippen LogP contribution in [0.15, 0.2) is 54.9 Å². The van der Waals surface area contributed by atoms with Crippen molar-refractivity contribution in [1.82, 2.24) is 14.5 Å². The maximum absolute atomic E-state index is 11.9. The Hall–Kier alpha value is -2.66. The Balaban J connectivity index is 1.84. The summed E-state index contributed by atoms with van der Waals surface area (Å²) in [5.74, 6) is -0.0327. The van der Waals surface area contributed by atoms with Crippen LogP contribution in [0, 0.1) is 0 Å². The lowest BCUT2D eigenvalue weighted by molar-refractivity contribution is -0.135. The van der Waals surface area contributed by atoms with E-state index in [4.69, 9.17) is 4.74 Å². The Morgan fingerprint density at radius 2 is 1.92 bits per heavy atom. The van der Waals surface area contributed by atoms with Crippen LogP contribution in [0.5, 0.6) is 0 Å². The van der Waals surface area contributed by atoms with Crippen LogP contribution in [0.25, 0.3) is 16.7 Å². The lowest BCUT2D eigenvalue weighted by Crippen LogP contribution is -2.32. The Kier molecular flexibility index (Phi) is 4.62. The first-order chi connectivity index (χ1) is 11.6. The minimum Gasteiger partial charge on any atom is -0.375 e. The van der Waals surface area contributed by atoms with Crippen LogP contribution in [0.1, 0.15) is 18.5 Å². The standard InChI is InChI=1S/C19H21N3O2/c1-14(21(2)19(23)12-24-3)15-8-10-16(11-9-15)22-13-20-17-6-4-5-7-18(17)22/h4-11,13-14H,12H2,1-3H3. The van der Waals surface area contributed by atoms with Crippen molar-refractivity contribution in [3.05, 3.63) is 60.4 Å². The molecule has 0 N–H and O–H groups in total. The zero-order chi connectivity index (χ0) is 17.1. The average molecular weight is 323 g/mol. The number of benzene rings is 2. The molecule has 5 nitrogen and oxygen atoms in total. The summed E-state index contributed by atoms with van der Waals surface area (Å²) in [4.78, 5) is 18.1. The number of carbonyl (C=O) groups is 1. The molecule has 0 saturated carbocycles. The SMILES string of the molecule is COCC(=O)N(C)C(C)c1ccc(-n2cnc3ccccc32)cc1. The van der Waals surface area contributed by atoms with Gasteiger partial charge >= 0.3 is 0 Å². The summed E-state index contributed by atoms with van der Waals surface area (Å²) in [6, 6.07) is 16.2. The van der Waals surface area contributed by atoms with Crippen molar-refractivity contribution < 1.29 is 9.53 Å². The van der Waals surface area contributed by atoms with Gasteiger partial charge in [-0.1, -0.05) is 24.3 Å². The molecule has 1 aromatic heterocycles. The monoisotopic (exact) mass is 323 g/mol. The first-order valence-electron chi connectivity index (χ1n) is 7.89. The molecular weight excluding hydrogens is 302 g/mol. The van der Waals surface area contributed by atoms with E-state index in [1.165, 1.54) is 7.11 Å². The number of methoxy groups -OCH3 is 1. The molecule has 2 aromatic carbocycles. The van der Waals surface area contributed by atoms with Crippen LogP contribution in [0.3, 0.4) is 0 Å². The van der Waals surface area contributed by atoms with Crippen LogP contribution in [-0.4, -0.2) is 41.1 Å². The van der Waals surface area contributed by atoms with Crippen molar-refractivity contribution >= 4 is 16.9 Å². The predicted octanol–water partition coefficient (Wildman–Crippen LogP) is 3.19. The van der Waals surface area contributed by atoms with Crippen molar-refractivity contribution in [2.24, 2.45) is 0 Å². The fraction of sp³-hybridized carbons (Fsp3) is 0.263. The molecule has 3 aromatic rings. The highest BCUT2D eigenvalue weighted by Gasteiger charge is 2.17. The summed E-state index contributed by atoms with van der Waals surface area (Å²) >= 11 is 0. The molecule has 1 heterocycles. The van der Waals surface area contributed by atoms with Crippen LogP contribution >= 0.6 is 0 Å². The minimum absolute atomic E-state index is 0.0127. The summed E-state index contributed by atoms with van der Waals surface area (Å²) in [5, 5.41) is 0. The minimum atomic E-state index is -0.0327. The second kappa shape index (κ2) is 6.84. The molecule has 3 rings (SSSR count). The van der Waals surface area contributed by atoms with E-state index in [-0.39, 0.29) is 18.6 Å². The topological polar surface area (TPSA) is 47.4 Å². The molecule has 0 aliphatic carbocycles. The van der Waals surface area contributed by atoms with E-state index in [0.717, 1.165) is 22.3 Å². The molecule has 0 aliphatic rings. The number of amides is 1. The molecule has 5 heteroatoms. The first-order valence-corrected chi connectivity index (χ1v) is 7.89. The van der Waals surface area contributed by atoms with Gasteiger partial charge in [0.2, 0.25) is 5.91 Å². The Morgan fingerprint density at radius 1 is 1.21 bits per heavy atom. The third-order valence-corrected chi connectivity index (χ3v) is 4.35. The van der Waals surface area contributed by atoms with Gasteiger partial charge in [0.1, 0.15) is 12.9 Å². The van der Waals surface area contributed by atoms with Crippen molar-refractivity contribution in [2.45, 2.75) is 13.0 Å². The van der Waals surface area contributed by atoms with Gasteiger partial charge in [0, 0.05) is 19.8 Å².